The number of nitrogens with zero attached hydrogens (tertiary/aromatic N) is 3. The fraction of sp³-hybridized carbons (Fsp3) is 0.444. The third-order valence-corrected chi connectivity index (χ3v) is 5.21. The Morgan fingerprint density at radius 2 is 2.19 bits per heavy atom. The summed E-state index contributed by atoms with van der Waals surface area (Å²) in [7, 11) is 1.56. The number of para-hydroxylation sites is 2. The van der Waals surface area contributed by atoms with Crippen molar-refractivity contribution >= 4 is 34.0 Å². The van der Waals surface area contributed by atoms with E-state index in [-0.39, 0.29) is 18.2 Å². The van der Waals surface area contributed by atoms with Crippen LogP contribution in [-0.4, -0.2) is 35.7 Å². The van der Waals surface area contributed by atoms with Gasteiger partial charge in [-0.05, 0) is 18.6 Å². The average Bonchev–Trinajstić information content (AvgIpc) is 3.26. The van der Waals surface area contributed by atoms with Crippen LogP contribution in [0.5, 0.6) is 5.75 Å². The van der Waals surface area contributed by atoms with Crippen LogP contribution in [0, 0.1) is 5.92 Å². The summed E-state index contributed by atoms with van der Waals surface area (Å²) in [5.41, 5.74) is 0.688. The molecule has 1 aliphatic heterocycles. The molecular formula is C18H22N4O3S. The number of amides is 2. The molecule has 0 radical (unpaired) electrons. The van der Waals surface area contributed by atoms with Crippen molar-refractivity contribution in [2.75, 3.05) is 23.9 Å². The molecule has 2 amide bonds. The molecule has 7 nitrogen and oxygen atoms in total. The van der Waals surface area contributed by atoms with Crippen molar-refractivity contribution in [1.82, 2.24) is 10.2 Å². The Bertz CT molecular complexity index is 792. The van der Waals surface area contributed by atoms with Gasteiger partial charge in [0, 0.05) is 19.4 Å². The zero-order valence-electron chi connectivity index (χ0n) is 14.9. The van der Waals surface area contributed by atoms with Gasteiger partial charge in [0.1, 0.15) is 10.8 Å². The quantitative estimate of drug-likeness (QED) is 0.805. The molecule has 0 saturated carbocycles. The highest BCUT2D eigenvalue weighted by molar-refractivity contribution is 7.15. The molecule has 0 aliphatic carbocycles. The minimum absolute atomic E-state index is 0.0875. The maximum Gasteiger partial charge on any atom is 0.231 e. The van der Waals surface area contributed by atoms with Gasteiger partial charge in [0.15, 0.2) is 0 Å². The lowest BCUT2D eigenvalue weighted by molar-refractivity contribution is -0.122. The highest BCUT2D eigenvalue weighted by Crippen LogP contribution is 2.33. The molecule has 1 atom stereocenters. The normalized spacial score (nSPS) is 16.8. The number of hydrogen-bond donors (Lipinski definition) is 1. The smallest absolute Gasteiger partial charge is 0.231 e. The minimum atomic E-state index is -0.421. The van der Waals surface area contributed by atoms with Crippen molar-refractivity contribution < 1.29 is 14.3 Å². The van der Waals surface area contributed by atoms with E-state index in [1.807, 2.05) is 18.2 Å². The van der Waals surface area contributed by atoms with E-state index >= 15 is 0 Å². The Morgan fingerprint density at radius 3 is 2.96 bits per heavy atom. The zero-order chi connectivity index (χ0) is 18.5. The summed E-state index contributed by atoms with van der Waals surface area (Å²) in [6.45, 7) is 2.45. The number of ether oxygens (including phenoxy) is 1. The molecule has 138 valence electrons. The molecule has 0 bridgehead atoms. The van der Waals surface area contributed by atoms with Gasteiger partial charge < -0.3 is 15.0 Å². The fourth-order valence-electron chi connectivity index (χ4n) is 2.91. The standard InChI is InChI=1S/C18H22N4O3S/c1-3-4-9-15-20-21-18(26-15)19-17(24)12-10-16(23)22(11-12)13-7-5-6-8-14(13)25-2/h5-8,12H,3-4,9-11H2,1-2H3,(H,19,21,24). The highest BCUT2D eigenvalue weighted by Gasteiger charge is 2.36. The fourth-order valence-corrected chi connectivity index (χ4v) is 3.69. The second kappa shape index (κ2) is 8.27. The molecule has 8 heteroatoms. The van der Waals surface area contributed by atoms with Crippen molar-refractivity contribution in [3.63, 3.8) is 0 Å². The van der Waals surface area contributed by atoms with E-state index in [9.17, 15) is 9.59 Å². The van der Waals surface area contributed by atoms with Crippen molar-refractivity contribution in [1.29, 1.82) is 0 Å². The number of rotatable bonds is 7. The summed E-state index contributed by atoms with van der Waals surface area (Å²) < 4.78 is 5.32. The number of carbonyl (C=O) groups excluding carboxylic acids is 2. The van der Waals surface area contributed by atoms with Crippen LogP contribution >= 0.6 is 11.3 Å². The van der Waals surface area contributed by atoms with E-state index in [2.05, 4.69) is 22.4 Å². The Labute approximate surface area is 156 Å². The van der Waals surface area contributed by atoms with Crippen LogP contribution in [0.25, 0.3) is 0 Å². The number of hydrogen-bond acceptors (Lipinski definition) is 6. The van der Waals surface area contributed by atoms with Gasteiger partial charge >= 0.3 is 0 Å². The summed E-state index contributed by atoms with van der Waals surface area (Å²) >= 11 is 1.39. The molecule has 1 N–H and O–H groups in total. The lowest BCUT2D eigenvalue weighted by Crippen LogP contribution is -2.28. The van der Waals surface area contributed by atoms with E-state index in [1.165, 1.54) is 11.3 Å². The lowest BCUT2D eigenvalue weighted by atomic mass is 10.1. The van der Waals surface area contributed by atoms with Crippen LogP contribution in [0.3, 0.4) is 0 Å². The summed E-state index contributed by atoms with van der Waals surface area (Å²) in [5, 5.41) is 12.3. The van der Waals surface area contributed by atoms with Gasteiger partial charge in [0.05, 0.1) is 18.7 Å². The lowest BCUT2D eigenvalue weighted by Gasteiger charge is -2.19. The molecule has 1 aromatic heterocycles. The van der Waals surface area contributed by atoms with Crippen LogP contribution in [0.15, 0.2) is 24.3 Å². The first-order valence-electron chi connectivity index (χ1n) is 8.69. The zero-order valence-corrected chi connectivity index (χ0v) is 15.7. The van der Waals surface area contributed by atoms with Gasteiger partial charge in [-0.2, -0.15) is 0 Å². The Kier molecular flexibility index (Phi) is 5.82. The molecule has 1 aromatic carbocycles. The molecule has 0 spiro atoms. The predicted octanol–water partition coefficient (Wildman–Crippen LogP) is 2.88. The molecule has 1 aliphatic rings. The molecule has 2 heterocycles. The minimum Gasteiger partial charge on any atom is -0.495 e. The van der Waals surface area contributed by atoms with Crippen molar-refractivity contribution in [2.24, 2.45) is 5.92 Å². The first kappa shape index (κ1) is 18.3. The van der Waals surface area contributed by atoms with Crippen LogP contribution in [-0.2, 0) is 16.0 Å². The number of aromatic nitrogens is 2. The second-order valence-electron chi connectivity index (χ2n) is 6.17. The molecule has 2 aromatic rings. The van der Waals surface area contributed by atoms with Gasteiger partial charge in [0.25, 0.3) is 0 Å². The van der Waals surface area contributed by atoms with Crippen LogP contribution in [0.4, 0.5) is 10.8 Å². The third-order valence-electron chi connectivity index (χ3n) is 4.31. The Morgan fingerprint density at radius 1 is 1.38 bits per heavy atom. The molecular weight excluding hydrogens is 352 g/mol. The first-order chi connectivity index (χ1) is 12.6. The van der Waals surface area contributed by atoms with Gasteiger partial charge in [-0.15, -0.1) is 10.2 Å². The maximum absolute atomic E-state index is 12.5. The van der Waals surface area contributed by atoms with Gasteiger partial charge in [-0.3, -0.25) is 9.59 Å². The van der Waals surface area contributed by atoms with Gasteiger partial charge in [-0.25, -0.2) is 0 Å². The average molecular weight is 374 g/mol. The monoisotopic (exact) mass is 374 g/mol. The molecule has 1 fully saturated rings. The van der Waals surface area contributed by atoms with Crippen LogP contribution < -0.4 is 15.0 Å². The Balaban J connectivity index is 1.64. The maximum atomic E-state index is 12.5. The Hall–Kier alpha value is -2.48. The highest BCUT2D eigenvalue weighted by atomic mass is 32.1. The van der Waals surface area contributed by atoms with E-state index in [4.69, 9.17) is 4.74 Å². The molecule has 1 unspecified atom stereocenters. The van der Waals surface area contributed by atoms with Gasteiger partial charge in [0.2, 0.25) is 16.9 Å². The summed E-state index contributed by atoms with van der Waals surface area (Å²) in [5.74, 6) is -0.0912. The summed E-state index contributed by atoms with van der Waals surface area (Å²) in [6, 6.07) is 7.31. The van der Waals surface area contributed by atoms with E-state index < -0.39 is 5.92 Å². The van der Waals surface area contributed by atoms with Crippen molar-refractivity contribution in [3.8, 4) is 5.75 Å². The number of anilines is 2. The van der Waals surface area contributed by atoms with Crippen LogP contribution in [0.2, 0.25) is 0 Å². The van der Waals surface area contributed by atoms with E-state index in [1.54, 1.807) is 18.1 Å². The summed E-state index contributed by atoms with van der Waals surface area (Å²) in [4.78, 5) is 26.5. The summed E-state index contributed by atoms with van der Waals surface area (Å²) in [6.07, 6.45) is 3.18. The topological polar surface area (TPSA) is 84.4 Å². The predicted molar refractivity (Wildman–Crippen MR) is 101 cm³/mol. The van der Waals surface area contributed by atoms with E-state index in [0.717, 1.165) is 24.3 Å². The van der Waals surface area contributed by atoms with Crippen LogP contribution in [0.1, 0.15) is 31.2 Å². The number of benzene rings is 1. The van der Waals surface area contributed by atoms with Crippen molar-refractivity contribution in [3.05, 3.63) is 29.3 Å². The number of unbranched alkanes of at least 4 members (excludes halogenated alkanes) is 1. The van der Waals surface area contributed by atoms with Gasteiger partial charge in [-0.1, -0.05) is 36.8 Å². The second-order valence-corrected chi connectivity index (χ2v) is 7.23. The molecule has 26 heavy (non-hydrogen) atoms. The van der Waals surface area contributed by atoms with Crippen molar-refractivity contribution in [2.45, 2.75) is 32.6 Å². The molecule has 1 saturated heterocycles. The number of nitrogens with one attached hydrogen (secondary N) is 1. The number of methoxy groups -OCH3 is 1. The van der Waals surface area contributed by atoms with E-state index in [0.29, 0.717) is 23.1 Å². The number of aryl methyl sites for hydroxylation is 1. The third kappa shape index (κ3) is 4.01. The molecule has 3 rings (SSSR count). The number of carbonyl (C=O) groups is 2. The largest absolute Gasteiger partial charge is 0.495 e. The first-order valence-corrected chi connectivity index (χ1v) is 9.50. The SMILES string of the molecule is CCCCc1nnc(NC(=O)C2CC(=O)N(c3ccccc3OC)C2)s1.